The Balaban J connectivity index is 2.79. The molecule has 0 radical (unpaired) electrons. The summed E-state index contributed by atoms with van der Waals surface area (Å²) in [5, 5.41) is 28.5. The summed E-state index contributed by atoms with van der Waals surface area (Å²) < 4.78 is 0. The van der Waals surface area contributed by atoms with Crippen molar-refractivity contribution >= 4 is 36.3 Å². The van der Waals surface area contributed by atoms with Gasteiger partial charge in [0.25, 0.3) is 0 Å². The molecule has 0 aromatic heterocycles. The van der Waals surface area contributed by atoms with Crippen LogP contribution in [0.25, 0.3) is 0 Å². The second-order valence-corrected chi connectivity index (χ2v) is 7.21. The Hall–Kier alpha value is -1.85. The van der Waals surface area contributed by atoms with Crippen molar-refractivity contribution in [3.63, 3.8) is 0 Å². The summed E-state index contributed by atoms with van der Waals surface area (Å²) in [7, 11) is 0. The summed E-state index contributed by atoms with van der Waals surface area (Å²) in [4.78, 5) is 48.3. The fourth-order valence-electron chi connectivity index (χ4n) is 2.78. The van der Waals surface area contributed by atoms with Crippen LogP contribution in [0.15, 0.2) is 0 Å². The number of carboxylic acid groups (broad SMARTS) is 1. The van der Waals surface area contributed by atoms with Crippen molar-refractivity contribution in [3.8, 4) is 0 Å². The molecule has 1 heterocycles. The van der Waals surface area contributed by atoms with Crippen molar-refractivity contribution in [2.45, 2.75) is 57.3 Å². The van der Waals surface area contributed by atoms with Crippen molar-refractivity contribution in [1.29, 1.82) is 0 Å². The minimum atomic E-state index is -1.47. The highest BCUT2D eigenvalue weighted by Crippen LogP contribution is 2.10. The molecule has 1 aliphatic rings. The second-order valence-electron chi connectivity index (χ2n) is 6.85. The van der Waals surface area contributed by atoms with Gasteiger partial charge in [-0.05, 0) is 25.3 Å². The predicted octanol–water partition coefficient (Wildman–Crippen LogP) is -1.75. The van der Waals surface area contributed by atoms with Gasteiger partial charge >= 0.3 is 5.97 Å². The summed E-state index contributed by atoms with van der Waals surface area (Å²) in [6.07, 6.45) is 2.10. The molecule has 1 fully saturated rings. The number of thiol groups is 1. The Bertz CT molecular complexity index is 570. The quantitative estimate of drug-likeness (QED) is 0.196. The fraction of sp³-hybridized carbons (Fsp3) is 0.765. The molecule has 10 nitrogen and oxygen atoms in total. The van der Waals surface area contributed by atoms with E-state index in [1.807, 2.05) is 6.92 Å². The van der Waals surface area contributed by atoms with E-state index in [0.717, 1.165) is 13.0 Å². The van der Waals surface area contributed by atoms with Crippen LogP contribution in [0.1, 0.15) is 33.1 Å². The molecule has 0 aliphatic carbocycles. The summed E-state index contributed by atoms with van der Waals surface area (Å²) in [5.41, 5.74) is 0. The van der Waals surface area contributed by atoms with Crippen molar-refractivity contribution in [2.75, 3.05) is 18.9 Å². The Morgan fingerprint density at radius 3 is 2.29 bits per heavy atom. The molecule has 0 spiro atoms. The zero-order chi connectivity index (χ0) is 21.3. The topological polar surface area (TPSA) is 157 Å². The number of aliphatic hydroxyl groups is 1. The molecular weight excluding hydrogens is 388 g/mol. The molecule has 6 N–H and O–H groups in total. The molecular formula is C17H30N4O6S. The summed E-state index contributed by atoms with van der Waals surface area (Å²) >= 11 is 4.11. The first kappa shape index (κ1) is 24.2. The summed E-state index contributed by atoms with van der Waals surface area (Å²) in [6, 6.07) is -3.78. The maximum absolute atomic E-state index is 12.6. The minimum absolute atomic E-state index is 0.0352. The lowest BCUT2D eigenvalue weighted by molar-refractivity contribution is -0.143. The van der Waals surface area contributed by atoms with Gasteiger partial charge in [0.05, 0.1) is 12.6 Å². The number of carbonyl (C=O) groups is 4. The molecule has 1 rings (SSSR count). The van der Waals surface area contributed by atoms with E-state index in [1.165, 1.54) is 0 Å². The van der Waals surface area contributed by atoms with Crippen LogP contribution < -0.4 is 21.3 Å². The van der Waals surface area contributed by atoms with Gasteiger partial charge in [0.15, 0.2) is 0 Å². The van der Waals surface area contributed by atoms with Crippen LogP contribution >= 0.6 is 12.6 Å². The number of amides is 3. The lowest BCUT2D eigenvalue weighted by Gasteiger charge is -2.27. The summed E-state index contributed by atoms with van der Waals surface area (Å²) in [5.74, 6) is -3.25. The number of nitrogens with one attached hydrogen (secondary N) is 4. The highest BCUT2D eigenvalue weighted by atomic mass is 32.1. The first-order valence-electron chi connectivity index (χ1n) is 9.34. The van der Waals surface area contributed by atoms with E-state index in [2.05, 4.69) is 33.9 Å². The van der Waals surface area contributed by atoms with E-state index in [-0.39, 0.29) is 23.6 Å². The molecule has 1 saturated heterocycles. The van der Waals surface area contributed by atoms with E-state index in [1.54, 1.807) is 6.92 Å². The standard InChI is InChI=1S/C17H30N4O6S/c1-3-9(2)13(16(25)19-11(7-22)17(26)27)21-15(24)12(8-28)20-14(23)10-5-4-6-18-10/h9-13,18,22,28H,3-8H2,1-2H3,(H,19,25)(H,20,23)(H,21,24)(H,26,27). The molecule has 11 heteroatoms. The molecule has 0 bridgehead atoms. The van der Waals surface area contributed by atoms with Crippen molar-refractivity contribution < 1.29 is 29.4 Å². The van der Waals surface area contributed by atoms with Crippen LogP contribution in [0, 0.1) is 5.92 Å². The number of carbonyl (C=O) groups excluding carboxylic acids is 3. The average Bonchev–Trinajstić information content (AvgIpc) is 3.21. The third-order valence-electron chi connectivity index (χ3n) is 4.78. The third kappa shape index (κ3) is 6.95. The van der Waals surface area contributed by atoms with Gasteiger partial charge in [-0.1, -0.05) is 20.3 Å². The molecule has 28 heavy (non-hydrogen) atoms. The van der Waals surface area contributed by atoms with E-state index >= 15 is 0 Å². The van der Waals surface area contributed by atoms with Crippen LogP contribution in [0.4, 0.5) is 0 Å². The molecule has 5 unspecified atom stereocenters. The van der Waals surface area contributed by atoms with E-state index < -0.39 is 42.5 Å². The smallest absolute Gasteiger partial charge is 0.328 e. The average molecular weight is 419 g/mol. The maximum Gasteiger partial charge on any atom is 0.328 e. The Labute approximate surface area is 169 Å². The fourth-order valence-corrected chi connectivity index (χ4v) is 3.03. The molecule has 160 valence electrons. The lowest BCUT2D eigenvalue weighted by Crippen LogP contribution is -2.59. The number of carboxylic acids is 1. The largest absolute Gasteiger partial charge is 0.480 e. The van der Waals surface area contributed by atoms with Crippen LogP contribution in [-0.2, 0) is 19.2 Å². The summed E-state index contributed by atoms with van der Waals surface area (Å²) in [6.45, 7) is 3.52. The normalized spacial score (nSPS) is 20.5. The molecule has 3 amide bonds. The number of aliphatic hydroxyl groups excluding tert-OH is 1. The van der Waals surface area contributed by atoms with Gasteiger partial charge < -0.3 is 31.5 Å². The van der Waals surface area contributed by atoms with Crippen LogP contribution in [0.3, 0.4) is 0 Å². The van der Waals surface area contributed by atoms with E-state index in [9.17, 15) is 19.2 Å². The zero-order valence-electron chi connectivity index (χ0n) is 16.1. The van der Waals surface area contributed by atoms with Gasteiger partial charge in [0.1, 0.15) is 18.1 Å². The van der Waals surface area contributed by atoms with Crippen molar-refractivity contribution in [2.24, 2.45) is 5.92 Å². The second kappa shape index (κ2) is 11.9. The monoisotopic (exact) mass is 418 g/mol. The zero-order valence-corrected chi connectivity index (χ0v) is 17.0. The van der Waals surface area contributed by atoms with Gasteiger partial charge in [-0.15, -0.1) is 0 Å². The molecule has 0 aromatic rings. The first-order valence-corrected chi connectivity index (χ1v) is 9.97. The third-order valence-corrected chi connectivity index (χ3v) is 5.15. The van der Waals surface area contributed by atoms with Crippen molar-refractivity contribution in [3.05, 3.63) is 0 Å². The number of aliphatic carboxylic acids is 1. The van der Waals surface area contributed by atoms with Crippen molar-refractivity contribution in [1.82, 2.24) is 21.3 Å². The van der Waals surface area contributed by atoms with Gasteiger partial charge in [0, 0.05) is 5.75 Å². The van der Waals surface area contributed by atoms with Crippen LogP contribution in [0.5, 0.6) is 0 Å². The number of rotatable bonds is 11. The molecule has 1 aliphatic heterocycles. The van der Waals surface area contributed by atoms with Gasteiger partial charge in [-0.3, -0.25) is 14.4 Å². The van der Waals surface area contributed by atoms with Gasteiger partial charge in [-0.25, -0.2) is 4.79 Å². The molecule has 5 atom stereocenters. The molecule has 0 saturated carbocycles. The van der Waals surface area contributed by atoms with E-state index in [0.29, 0.717) is 12.8 Å². The number of hydrogen-bond acceptors (Lipinski definition) is 7. The van der Waals surface area contributed by atoms with E-state index in [4.69, 9.17) is 10.2 Å². The van der Waals surface area contributed by atoms with Gasteiger partial charge in [0.2, 0.25) is 17.7 Å². The predicted molar refractivity (Wildman–Crippen MR) is 105 cm³/mol. The Morgan fingerprint density at radius 2 is 1.82 bits per heavy atom. The van der Waals surface area contributed by atoms with Crippen LogP contribution in [0.2, 0.25) is 0 Å². The lowest BCUT2D eigenvalue weighted by atomic mass is 9.97. The Morgan fingerprint density at radius 1 is 1.14 bits per heavy atom. The number of hydrogen-bond donors (Lipinski definition) is 7. The maximum atomic E-state index is 12.6. The SMILES string of the molecule is CCC(C)C(NC(=O)C(CS)NC(=O)C1CCCN1)C(=O)NC(CO)C(=O)O. The highest BCUT2D eigenvalue weighted by Gasteiger charge is 2.32. The first-order chi connectivity index (χ1) is 13.2. The van der Waals surface area contributed by atoms with Gasteiger partial charge in [-0.2, -0.15) is 12.6 Å². The Kier molecular flexibility index (Phi) is 10.3. The minimum Gasteiger partial charge on any atom is -0.480 e. The van der Waals surface area contributed by atoms with Crippen LogP contribution in [-0.4, -0.2) is 77.0 Å². The molecule has 0 aromatic carbocycles. The highest BCUT2D eigenvalue weighted by molar-refractivity contribution is 7.80.